The number of hydrogen-bond donors (Lipinski definition) is 3. The Morgan fingerprint density at radius 2 is 2.05 bits per heavy atom. The number of methoxy groups -OCH3 is 1. The minimum Gasteiger partial charge on any atom is -0.496 e. The number of benzene rings is 1. The van der Waals surface area contributed by atoms with Crippen molar-refractivity contribution >= 4 is 5.97 Å². The molecule has 0 amide bonds. The summed E-state index contributed by atoms with van der Waals surface area (Å²) < 4.78 is 9.67. The summed E-state index contributed by atoms with van der Waals surface area (Å²) in [6.07, 6.45) is -3.08. The molecule has 0 saturated carbocycles. The van der Waals surface area contributed by atoms with Gasteiger partial charge < -0.3 is 24.8 Å². The first-order valence-corrected chi connectivity index (χ1v) is 5.85. The molecule has 0 aromatic heterocycles. The molecular formula is C13H18O6. The number of aliphatic hydroxyl groups is 3. The molecule has 2 atom stereocenters. The van der Waals surface area contributed by atoms with Crippen molar-refractivity contribution < 1.29 is 29.6 Å². The quantitative estimate of drug-likeness (QED) is 0.637. The first kappa shape index (κ1) is 15.4. The van der Waals surface area contributed by atoms with E-state index in [0.29, 0.717) is 16.9 Å². The Kier molecular flexibility index (Phi) is 5.75. The fourth-order valence-corrected chi connectivity index (χ4v) is 1.61. The second-order valence-electron chi connectivity index (χ2n) is 3.87. The second-order valence-corrected chi connectivity index (χ2v) is 3.87. The molecule has 0 bridgehead atoms. The van der Waals surface area contributed by atoms with Crippen LogP contribution in [-0.4, -0.2) is 41.1 Å². The highest BCUT2D eigenvalue weighted by Crippen LogP contribution is 2.26. The Labute approximate surface area is 111 Å². The monoisotopic (exact) mass is 270 g/mol. The minimum absolute atomic E-state index is 0.120. The molecule has 0 radical (unpaired) electrons. The third kappa shape index (κ3) is 3.66. The lowest BCUT2D eigenvalue weighted by atomic mass is 10.0. The van der Waals surface area contributed by atoms with Gasteiger partial charge in [-0.05, 0) is 18.6 Å². The van der Waals surface area contributed by atoms with Crippen LogP contribution in [0.25, 0.3) is 0 Å². The zero-order chi connectivity index (χ0) is 14.4. The number of carbonyl (C=O) groups excluding carboxylic acids is 1. The molecule has 0 aliphatic rings. The average Bonchev–Trinajstić information content (AvgIpc) is 2.45. The van der Waals surface area contributed by atoms with Crippen LogP contribution in [-0.2, 0) is 16.1 Å². The topological polar surface area (TPSA) is 96.2 Å². The van der Waals surface area contributed by atoms with Crippen molar-refractivity contribution in [3.05, 3.63) is 29.3 Å². The fraction of sp³-hybridized carbons (Fsp3) is 0.462. The normalized spacial score (nSPS) is 13.7. The van der Waals surface area contributed by atoms with E-state index < -0.39 is 18.2 Å². The van der Waals surface area contributed by atoms with Gasteiger partial charge in [-0.1, -0.05) is 12.1 Å². The molecule has 0 aliphatic carbocycles. The molecule has 0 saturated heterocycles. The smallest absolute Gasteiger partial charge is 0.338 e. The van der Waals surface area contributed by atoms with Gasteiger partial charge in [0.1, 0.15) is 11.9 Å². The van der Waals surface area contributed by atoms with Crippen molar-refractivity contribution in [3.8, 4) is 5.75 Å². The van der Waals surface area contributed by atoms with Crippen molar-refractivity contribution in [2.75, 3.05) is 13.7 Å². The average molecular weight is 270 g/mol. The molecular weight excluding hydrogens is 252 g/mol. The molecule has 1 aromatic rings. The third-order valence-corrected chi connectivity index (χ3v) is 2.65. The van der Waals surface area contributed by atoms with Gasteiger partial charge in [0.2, 0.25) is 0 Å². The van der Waals surface area contributed by atoms with Crippen LogP contribution in [0, 0.1) is 0 Å². The number of ether oxygens (including phenoxy) is 2. The third-order valence-electron chi connectivity index (χ3n) is 2.65. The van der Waals surface area contributed by atoms with Crippen LogP contribution < -0.4 is 4.74 Å². The number of hydrogen-bond acceptors (Lipinski definition) is 6. The molecule has 2 unspecified atom stereocenters. The van der Waals surface area contributed by atoms with Crippen LogP contribution >= 0.6 is 0 Å². The van der Waals surface area contributed by atoms with Crippen LogP contribution in [0.15, 0.2) is 18.2 Å². The van der Waals surface area contributed by atoms with E-state index in [-0.39, 0.29) is 13.2 Å². The van der Waals surface area contributed by atoms with Crippen LogP contribution in [0.5, 0.6) is 5.75 Å². The molecule has 0 heterocycles. The number of aliphatic hydroxyl groups excluding tert-OH is 3. The maximum atomic E-state index is 11.3. The van der Waals surface area contributed by atoms with E-state index in [9.17, 15) is 15.0 Å². The van der Waals surface area contributed by atoms with Crippen molar-refractivity contribution in [3.63, 3.8) is 0 Å². The Hall–Kier alpha value is -1.63. The fourth-order valence-electron chi connectivity index (χ4n) is 1.61. The van der Waals surface area contributed by atoms with Gasteiger partial charge >= 0.3 is 5.97 Å². The highest BCUT2D eigenvalue weighted by Gasteiger charge is 2.27. The van der Waals surface area contributed by atoms with E-state index in [0.717, 1.165) is 0 Å². The molecule has 6 nitrogen and oxygen atoms in total. The maximum absolute atomic E-state index is 11.3. The van der Waals surface area contributed by atoms with Crippen LogP contribution in [0.3, 0.4) is 0 Å². The van der Waals surface area contributed by atoms with E-state index in [1.807, 2.05) is 0 Å². The summed E-state index contributed by atoms with van der Waals surface area (Å²) in [6.45, 7) is 1.52. The van der Waals surface area contributed by atoms with E-state index in [1.54, 1.807) is 13.0 Å². The van der Waals surface area contributed by atoms with Crippen molar-refractivity contribution in [1.82, 2.24) is 0 Å². The summed E-state index contributed by atoms with van der Waals surface area (Å²) in [5.41, 5.74) is 0.846. The number of esters is 1. The van der Waals surface area contributed by atoms with E-state index >= 15 is 0 Å². The van der Waals surface area contributed by atoms with Crippen molar-refractivity contribution in [2.24, 2.45) is 0 Å². The second kappa shape index (κ2) is 7.08. The van der Waals surface area contributed by atoms with Gasteiger partial charge in [0.25, 0.3) is 0 Å². The van der Waals surface area contributed by atoms with E-state index in [4.69, 9.17) is 9.84 Å². The lowest BCUT2D eigenvalue weighted by molar-refractivity contribution is -0.159. The first-order valence-electron chi connectivity index (χ1n) is 5.85. The minimum atomic E-state index is -1.66. The highest BCUT2D eigenvalue weighted by atomic mass is 16.5. The molecule has 0 fully saturated rings. The summed E-state index contributed by atoms with van der Waals surface area (Å²) in [4.78, 5) is 11.3. The predicted octanol–water partition coefficient (Wildman–Crippen LogP) is 0.145. The van der Waals surface area contributed by atoms with Gasteiger partial charge in [0, 0.05) is 5.56 Å². The number of rotatable bonds is 6. The lowest BCUT2D eigenvalue weighted by Crippen LogP contribution is -2.29. The molecule has 0 aliphatic heterocycles. The largest absolute Gasteiger partial charge is 0.496 e. The van der Waals surface area contributed by atoms with Gasteiger partial charge in [0.15, 0.2) is 6.10 Å². The Morgan fingerprint density at radius 1 is 1.37 bits per heavy atom. The first-order chi connectivity index (χ1) is 9.04. The standard InChI is InChI=1S/C13H18O6/c1-3-19-13(17)12(16)11(15)8-4-5-9(7-14)10(6-8)18-2/h4-6,11-12,14-16H,3,7H2,1-2H3. The van der Waals surface area contributed by atoms with E-state index in [2.05, 4.69) is 4.74 Å². The molecule has 106 valence electrons. The molecule has 19 heavy (non-hydrogen) atoms. The van der Waals surface area contributed by atoms with Gasteiger partial charge in [-0.15, -0.1) is 0 Å². The maximum Gasteiger partial charge on any atom is 0.338 e. The van der Waals surface area contributed by atoms with Gasteiger partial charge in [-0.3, -0.25) is 0 Å². The Balaban J connectivity index is 2.93. The van der Waals surface area contributed by atoms with Gasteiger partial charge in [-0.25, -0.2) is 4.79 Å². The molecule has 0 spiro atoms. The van der Waals surface area contributed by atoms with Gasteiger partial charge in [-0.2, -0.15) is 0 Å². The van der Waals surface area contributed by atoms with Crippen molar-refractivity contribution in [1.29, 1.82) is 0 Å². The van der Waals surface area contributed by atoms with Crippen LogP contribution in [0.2, 0.25) is 0 Å². The van der Waals surface area contributed by atoms with Gasteiger partial charge in [0.05, 0.1) is 20.3 Å². The number of carbonyl (C=O) groups is 1. The zero-order valence-corrected chi connectivity index (χ0v) is 10.9. The predicted molar refractivity (Wildman–Crippen MR) is 66.5 cm³/mol. The van der Waals surface area contributed by atoms with Crippen LogP contribution in [0.4, 0.5) is 0 Å². The van der Waals surface area contributed by atoms with E-state index in [1.165, 1.54) is 19.2 Å². The molecule has 3 N–H and O–H groups in total. The summed E-state index contributed by atoms with van der Waals surface area (Å²) >= 11 is 0. The Morgan fingerprint density at radius 3 is 2.58 bits per heavy atom. The highest BCUT2D eigenvalue weighted by molar-refractivity contribution is 5.75. The summed E-state index contributed by atoms with van der Waals surface area (Å²) in [5.74, 6) is -0.518. The van der Waals surface area contributed by atoms with Crippen LogP contribution in [0.1, 0.15) is 24.2 Å². The SMILES string of the molecule is CCOC(=O)C(O)C(O)c1ccc(CO)c(OC)c1. The summed E-state index contributed by atoms with van der Waals surface area (Å²) in [6, 6.07) is 4.51. The van der Waals surface area contributed by atoms with Crippen molar-refractivity contribution in [2.45, 2.75) is 25.7 Å². The zero-order valence-electron chi connectivity index (χ0n) is 10.9. The molecule has 1 rings (SSSR count). The summed E-state index contributed by atoms with van der Waals surface area (Å²) in [5, 5.41) is 28.6. The Bertz CT molecular complexity index is 431. The molecule has 6 heteroatoms. The summed E-state index contributed by atoms with van der Waals surface area (Å²) in [7, 11) is 1.42. The lowest BCUT2D eigenvalue weighted by Gasteiger charge is -2.18. The molecule has 1 aromatic carbocycles.